The minimum absolute atomic E-state index is 0.836. The number of hydrogen-bond donors (Lipinski definition) is 1. The van der Waals surface area contributed by atoms with E-state index in [9.17, 15) is 0 Å². The Hall–Kier alpha value is -0.0400. The molecule has 3 aliphatic rings. The van der Waals surface area contributed by atoms with Gasteiger partial charge in [-0.2, -0.15) is 0 Å². The molecule has 0 amide bonds. The van der Waals surface area contributed by atoms with Crippen molar-refractivity contribution >= 4 is 0 Å². The molecule has 3 saturated carbocycles. The fraction of sp³-hybridized carbons (Fsp3) is 1.00. The Morgan fingerprint density at radius 3 is 2.65 bits per heavy atom. The van der Waals surface area contributed by atoms with Crippen LogP contribution in [-0.4, -0.2) is 12.6 Å². The van der Waals surface area contributed by atoms with E-state index in [2.05, 4.69) is 12.2 Å². The Morgan fingerprint density at radius 1 is 1.18 bits per heavy atom. The lowest BCUT2D eigenvalue weighted by molar-refractivity contribution is 0.211. The van der Waals surface area contributed by atoms with Gasteiger partial charge in [-0.25, -0.2) is 0 Å². The van der Waals surface area contributed by atoms with Crippen molar-refractivity contribution in [2.75, 3.05) is 6.54 Å². The van der Waals surface area contributed by atoms with Gasteiger partial charge in [0.15, 0.2) is 0 Å². The highest BCUT2D eigenvalue weighted by atomic mass is 15.0. The molecular weight excluding hydrogens is 206 g/mol. The number of rotatable bonds is 6. The van der Waals surface area contributed by atoms with Gasteiger partial charge in [-0.05, 0) is 68.7 Å². The summed E-state index contributed by atoms with van der Waals surface area (Å²) in [6.45, 7) is 3.39. The maximum absolute atomic E-state index is 3.59. The first-order chi connectivity index (χ1) is 8.34. The van der Waals surface area contributed by atoms with Crippen LogP contribution >= 0.6 is 0 Å². The highest BCUT2D eigenvalue weighted by Crippen LogP contribution is 2.57. The van der Waals surface area contributed by atoms with Gasteiger partial charge < -0.3 is 5.32 Å². The van der Waals surface area contributed by atoms with Crippen molar-refractivity contribution in [1.82, 2.24) is 5.32 Å². The van der Waals surface area contributed by atoms with Crippen molar-refractivity contribution in [2.45, 2.75) is 77.2 Å². The van der Waals surface area contributed by atoms with Crippen molar-refractivity contribution < 1.29 is 0 Å². The third kappa shape index (κ3) is 2.41. The summed E-state index contributed by atoms with van der Waals surface area (Å²) in [5.74, 6) is 2.17. The Bertz CT molecular complexity index is 250. The summed E-state index contributed by atoms with van der Waals surface area (Å²) in [5.41, 5.74) is 0.836. The van der Waals surface area contributed by atoms with Crippen molar-refractivity contribution in [3.05, 3.63) is 0 Å². The molecule has 0 aromatic carbocycles. The van der Waals surface area contributed by atoms with E-state index in [1.165, 1.54) is 32.1 Å². The number of nitrogens with one attached hydrogen (secondary N) is 1. The Morgan fingerprint density at radius 2 is 1.94 bits per heavy atom. The molecule has 2 atom stereocenters. The average molecular weight is 235 g/mol. The van der Waals surface area contributed by atoms with Gasteiger partial charge in [0.2, 0.25) is 0 Å². The molecule has 1 N–H and O–H groups in total. The van der Waals surface area contributed by atoms with Crippen LogP contribution in [0.5, 0.6) is 0 Å². The van der Waals surface area contributed by atoms with Gasteiger partial charge in [0.25, 0.3) is 0 Å². The molecule has 0 aromatic heterocycles. The molecule has 3 aliphatic carbocycles. The molecule has 17 heavy (non-hydrogen) atoms. The lowest BCUT2D eigenvalue weighted by Crippen LogP contribution is -2.20. The molecule has 1 heteroatoms. The SMILES string of the molecule is CCNC1CC1CCCC12CCCC1CCC2. The van der Waals surface area contributed by atoms with E-state index in [0.717, 1.165) is 29.8 Å². The van der Waals surface area contributed by atoms with E-state index >= 15 is 0 Å². The van der Waals surface area contributed by atoms with E-state index in [4.69, 9.17) is 0 Å². The van der Waals surface area contributed by atoms with E-state index < -0.39 is 0 Å². The highest BCUT2D eigenvalue weighted by Gasteiger charge is 2.45. The van der Waals surface area contributed by atoms with Gasteiger partial charge in [-0.3, -0.25) is 0 Å². The summed E-state index contributed by atoms with van der Waals surface area (Å²) in [5, 5.41) is 3.59. The van der Waals surface area contributed by atoms with E-state index in [1.54, 1.807) is 32.1 Å². The van der Waals surface area contributed by atoms with Crippen molar-refractivity contribution in [3.63, 3.8) is 0 Å². The van der Waals surface area contributed by atoms with Crippen LogP contribution in [0.15, 0.2) is 0 Å². The normalized spacial score (nSPS) is 43.9. The Kier molecular flexibility index (Phi) is 3.47. The van der Waals surface area contributed by atoms with Crippen LogP contribution in [0.2, 0.25) is 0 Å². The third-order valence-corrected chi connectivity index (χ3v) is 5.96. The minimum Gasteiger partial charge on any atom is -0.314 e. The molecule has 0 bridgehead atoms. The molecule has 0 aromatic rings. The zero-order valence-electron chi connectivity index (χ0n) is 11.5. The predicted molar refractivity (Wildman–Crippen MR) is 73.0 cm³/mol. The van der Waals surface area contributed by atoms with Gasteiger partial charge in [-0.1, -0.05) is 26.2 Å². The second-order valence-corrected chi connectivity index (χ2v) is 6.90. The van der Waals surface area contributed by atoms with Crippen LogP contribution in [0.1, 0.15) is 71.1 Å². The number of hydrogen-bond acceptors (Lipinski definition) is 1. The summed E-state index contributed by atoms with van der Waals surface area (Å²) < 4.78 is 0. The molecule has 3 fully saturated rings. The first-order valence-electron chi connectivity index (χ1n) is 8.07. The Balaban J connectivity index is 1.40. The van der Waals surface area contributed by atoms with Crippen LogP contribution in [0, 0.1) is 17.3 Å². The molecule has 0 aliphatic heterocycles. The van der Waals surface area contributed by atoms with Crippen LogP contribution < -0.4 is 5.32 Å². The summed E-state index contributed by atoms with van der Waals surface area (Å²) >= 11 is 0. The van der Waals surface area contributed by atoms with Crippen LogP contribution in [0.25, 0.3) is 0 Å². The minimum atomic E-state index is 0.836. The van der Waals surface area contributed by atoms with Gasteiger partial charge in [-0.15, -0.1) is 0 Å². The van der Waals surface area contributed by atoms with Gasteiger partial charge in [0.1, 0.15) is 0 Å². The lowest BCUT2D eigenvalue weighted by atomic mass is 9.76. The van der Waals surface area contributed by atoms with Crippen molar-refractivity contribution in [2.24, 2.45) is 17.3 Å². The largest absolute Gasteiger partial charge is 0.314 e. The highest BCUT2D eigenvalue weighted by molar-refractivity contribution is 4.97. The second kappa shape index (κ2) is 4.91. The summed E-state index contributed by atoms with van der Waals surface area (Å²) in [4.78, 5) is 0. The molecule has 0 radical (unpaired) electrons. The van der Waals surface area contributed by atoms with Crippen LogP contribution in [0.3, 0.4) is 0 Å². The monoisotopic (exact) mass is 235 g/mol. The van der Waals surface area contributed by atoms with Gasteiger partial charge >= 0.3 is 0 Å². The van der Waals surface area contributed by atoms with Gasteiger partial charge in [0, 0.05) is 6.04 Å². The molecule has 3 rings (SSSR count). The molecule has 2 unspecified atom stereocenters. The van der Waals surface area contributed by atoms with Crippen molar-refractivity contribution in [3.8, 4) is 0 Å². The number of fused-ring (bicyclic) bond motifs is 1. The maximum Gasteiger partial charge on any atom is 0.00990 e. The zero-order valence-corrected chi connectivity index (χ0v) is 11.5. The van der Waals surface area contributed by atoms with E-state index in [1.807, 2.05) is 0 Å². The molecule has 1 nitrogen and oxygen atoms in total. The van der Waals surface area contributed by atoms with Crippen LogP contribution in [0.4, 0.5) is 0 Å². The Labute approximate surface area is 107 Å². The summed E-state index contributed by atoms with van der Waals surface area (Å²) in [6, 6.07) is 0.889. The fourth-order valence-corrected chi connectivity index (χ4v) is 4.94. The van der Waals surface area contributed by atoms with Crippen LogP contribution in [-0.2, 0) is 0 Å². The third-order valence-electron chi connectivity index (χ3n) is 5.96. The topological polar surface area (TPSA) is 12.0 Å². The van der Waals surface area contributed by atoms with E-state index in [-0.39, 0.29) is 0 Å². The molecule has 0 spiro atoms. The zero-order chi connectivity index (χ0) is 11.7. The van der Waals surface area contributed by atoms with E-state index in [0.29, 0.717) is 0 Å². The second-order valence-electron chi connectivity index (χ2n) is 6.90. The quantitative estimate of drug-likeness (QED) is 0.730. The average Bonchev–Trinajstić information content (AvgIpc) is 2.74. The lowest BCUT2D eigenvalue weighted by Gasteiger charge is -2.29. The molecule has 0 saturated heterocycles. The summed E-state index contributed by atoms with van der Waals surface area (Å²) in [7, 11) is 0. The van der Waals surface area contributed by atoms with Crippen molar-refractivity contribution in [1.29, 1.82) is 0 Å². The summed E-state index contributed by atoms with van der Waals surface area (Å²) in [6.07, 6.45) is 15.4. The molecule has 0 heterocycles. The smallest absolute Gasteiger partial charge is 0.00990 e. The first kappa shape index (κ1) is 12.0. The maximum atomic E-state index is 3.59. The fourth-order valence-electron chi connectivity index (χ4n) is 4.94. The molecule has 98 valence electrons. The molecular formula is C16H29N. The first-order valence-corrected chi connectivity index (χ1v) is 8.07. The predicted octanol–water partition coefficient (Wildman–Crippen LogP) is 4.13. The standard InChI is InChI=1S/C16H29N/c1-2-17-15-12-13(15)6-3-9-16-10-4-7-14(16)8-5-11-16/h13-15,17H,2-12H2,1H3. The van der Waals surface area contributed by atoms with Gasteiger partial charge in [0.05, 0.1) is 0 Å².